The summed E-state index contributed by atoms with van der Waals surface area (Å²) in [6.07, 6.45) is 0. The number of esters is 1. The first kappa shape index (κ1) is 15.7. The Bertz CT molecular complexity index is 461. The summed E-state index contributed by atoms with van der Waals surface area (Å²) in [7, 11) is 1.36. The van der Waals surface area contributed by atoms with Crippen LogP contribution in [0.15, 0.2) is 18.2 Å². The average molecular weight is 264 g/mol. The first-order valence-corrected chi connectivity index (χ1v) is 6.59. The Morgan fingerprint density at radius 1 is 1.32 bits per heavy atom. The molecule has 3 heteroatoms. The molecule has 0 bridgehead atoms. The normalized spacial score (nSPS) is 16.0. The average Bonchev–Trinajstić information content (AvgIpc) is 2.31. The topological polar surface area (TPSA) is 46.5 Å². The van der Waals surface area contributed by atoms with Crippen LogP contribution < -0.4 is 0 Å². The highest BCUT2D eigenvalue weighted by Crippen LogP contribution is 2.37. The fraction of sp³-hybridized carbons (Fsp3) is 0.562. The summed E-state index contributed by atoms with van der Waals surface area (Å²) >= 11 is 0. The highest BCUT2D eigenvalue weighted by Gasteiger charge is 2.42. The first-order chi connectivity index (χ1) is 8.71. The van der Waals surface area contributed by atoms with Crippen molar-refractivity contribution in [2.45, 2.75) is 40.2 Å². The molecule has 1 aromatic carbocycles. The molecule has 0 aliphatic rings. The van der Waals surface area contributed by atoms with Gasteiger partial charge in [-0.2, -0.15) is 0 Å². The van der Waals surface area contributed by atoms with Crippen LogP contribution in [0.4, 0.5) is 0 Å². The van der Waals surface area contributed by atoms with Gasteiger partial charge in [-0.15, -0.1) is 0 Å². The molecule has 0 aliphatic heterocycles. The summed E-state index contributed by atoms with van der Waals surface area (Å²) in [5.74, 6) is -0.971. The van der Waals surface area contributed by atoms with Gasteiger partial charge >= 0.3 is 5.97 Å². The van der Waals surface area contributed by atoms with Crippen molar-refractivity contribution < 1.29 is 14.6 Å². The minimum Gasteiger partial charge on any atom is -0.469 e. The maximum Gasteiger partial charge on any atom is 0.312 e. The molecule has 0 saturated heterocycles. The number of hydrogen-bond acceptors (Lipinski definition) is 3. The van der Waals surface area contributed by atoms with E-state index in [1.54, 1.807) is 6.92 Å². The summed E-state index contributed by atoms with van der Waals surface area (Å²) < 4.78 is 4.85. The van der Waals surface area contributed by atoms with Gasteiger partial charge in [0.15, 0.2) is 0 Å². The summed E-state index contributed by atoms with van der Waals surface area (Å²) in [5, 5.41) is 10.9. The van der Waals surface area contributed by atoms with Crippen molar-refractivity contribution in [2.24, 2.45) is 11.8 Å². The molecule has 0 amide bonds. The smallest absolute Gasteiger partial charge is 0.312 e. The van der Waals surface area contributed by atoms with Gasteiger partial charge in [0.05, 0.1) is 13.0 Å². The lowest BCUT2D eigenvalue weighted by Crippen LogP contribution is -2.41. The first-order valence-electron chi connectivity index (χ1n) is 6.59. The van der Waals surface area contributed by atoms with Crippen LogP contribution in [-0.2, 0) is 15.1 Å². The van der Waals surface area contributed by atoms with E-state index in [-0.39, 0.29) is 11.9 Å². The maximum atomic E-state index is 12.0. The number of aryl methyl sites for hydroxylation is 2. The van der Waals surface area contributed by atoms with Crippen LogP contribution in [0.25, 0.3) is 0 Å². The molecule has 0 fully saturated rings. The van der Waals surface area contributed by atoms with E-state index in [1.165, 1.54) is 7.11 Å². The molecule has 0 heterocycles. The van der Waals surface area contributed by atoms with Gasteiger partial charge in [0.1, 0.15) is 5.60 Å². The van der Waals surface area contributed by atoms with Gasteiger partial charge in [-0.1, -0.05) is 37.6 Å². The van der Waals surface area contributed by atoms with Crippen molar-refractivity contribution in [3.63, 3.8) is 0 Å². The zero-order chi connectivity index (χ0) is 14.8. The summed E-state index contributed by atoms with van der Waals surface area (Å²) in [6.45, 7) is 9.44. The predicted molar refractivity (Wildman–Crippen MR) is 75.8 cm³/mol. The van der Waals surface area contributed by atoms with E-state index in [0.29, 0.717) is 0 Å². The number of rotatable bonds is 4. The van der Waals surface area contributed by atoms with Gasteiger partial charge in [0, 0.05) is 0 Å². The molecule has 1 N–H and O–H groups in total. The highest BCUT2D eigenvalue weighted by atomic mass is 16.5. The summed E-state index contributed by atoms with van der Waals surface area (Å²) in [5.41, 5.74) is 1.59. The van der Waals surface area contributed by atoms with E-state index < -0.39 is 11.5 Å². The van der Waals surface area contributed by atoms with Crippen molar-refractivity contribution in [2.75, 3.05) is 7.11 Å². The van der Waals surface area contributed by atoms with Gasteiger partial charge < -0.3 is 9.84 Å². The Morgan fingerprint density at radius 2 is 1.89 bits per heavy atom. The fourth-order valence-corrected chi connectivity index (χ4v) is 2.73. The molecule has 1 rings (SSSR count). The molecule has 0 spiro atoms. The third kappa shape index (κ3) is 3.16. The molecule has 2 unspecified atom stereocenters. The van der Waals surface area contributed by atoms with Crippen LogP contribution in [0.3, 0.4) is 0 Å². The molecule has 0 aliphatic carbocycles. The molecule has 2 atom stereocenters. The lowest BCUT2D eigenvalue weighted by molar-refractivity contribution is -0.159. The van der Waals surface area contributed by atoms with Crippen molar-refractivity contribution in [3.05, 3.63) is 34.9 Å². The summed E-state index contributed by atoms with van der Waals surface area (Å²) in [4.78, 5) is 12.0. The van der Waals surface area contributed by atoms with E-state index in [4.69, 9.17) is 4.74 Å². The third-order valence-electron chi connectivity index (χ3n) is 3.67. The number of hydrogen-bond donors (Lipinski definition) is 1. The Balaban J connectivity index is 3.33. The lowest BCUT2D eigenvalue weighted by Gasteiger charge is -2.35. The molecule has 0 saturated carbocycles. The molecule has 19 heavy (non-hydrogen) atoms. The maximum absolute atomic E-state index is 12.0. The van der Waals surface area contributed by atoms with Gasteiger partial charge in [-0.3, -0.25) is 4.79 Å². The monoisotopic (exact) mass is 264 g/mol. The molecule has 1 aromatic rings. The number of methoxy groups -OCH3 is 1. The van der Waals surface area contributed by atoms with Crippen LogP contribution in [0.5, 0.6) is 0 Å². The molecule has 106 valence electrons. The van der Waals surface area contributed by atoms with Crippen molar-refractivity contribution in [1.29, 1.82) is 0 Å². The Hall–Kier alpha value is -1.35. The zero-order valence-electron chi connectivity index (χ0n) is 12.7. The van der Waals surface area contributed by atoms with Crippen LogP contribution in [-0.4, -0.2) is 18.2 Å². The summed E-state index contributed by atoms with van der Waals surface area (Å²) in [6, 6.07) is 5.90. The van der Waals surface area contributed by atoms with Crippen LogP contribution in [0, 0.1) is 25.7 Å². The second-order valence-corrected chi connectivity index (χ2v) is 5.71. The number of ether oxygens (including phenoxy) is 1. The number of carbonyl (C=O) groups is 1. The fourth-order valence-electron chi connectivity index (χ4n) is 2.73. The SMILES string of the molecule is COC(=O)C(C(C)C)C(C)(O)c1cc(C)ccc1C. The molecular formula is C16H24O3. The van der Waals surface area contributed by atoms with E-state index >= 15 is 0 Å². The van der Waals surface area contributed by atoms with E-state index in [1.807, 2.05) is 45.9 Å². The number of carbonyl (C=O) groups excluding carboxylic acids is 1. The Kier molecular flexibility index (Phi) is 4.75. The Labute approximate surface area is 115 Å². The van der Waals surface area contributed by atoms with Crippen LogP contribution in [0.1, 0.15) is 37.5 Å². The molecule has 3 nitrogen and oxygen atoms in total. The number of benzene rings is 1. The second-order valence-electron chi connectivity index (χ2n) is 5.71. The van der Waals surface area contributed by atoms with Crippen molar-refractivity contribution >= 4 is 5.97 Å². The third-order valence-corrected chi connectivity index (χ3v) is 3.67. The predicted octanol–water partition coefficient (Wildman–Crippen LogP) is 2.96. The lowest BCUT2D eigenvalue weighted by atomic mass is 9.75. The van der Waals surface area contributed by atoms with E-state index in [9.17, 15) is 9.90 Å². The number of aliphatic hydroxyl groups is 1. The second kappa shape index (κ2) is 5.74. The van der Waals surface area contributed by atoms with Gasteiger partial charge in [0.2, 0.25) is 0 Å². The van der Waals surface area contributed by atoms with Gasteiger partial charge in [0.25, 0.3) is 0 Å². The van der Waals surface area contributed by atoms with E-state index in [0.717, 1.165) is 16.7 Å². The van der Waals surface area contributed by atoms with Gasteiger partial charge in [-0.25, -0.2) is 0 Å². The Morgan fingerprint density at radius 3 is 2.37 bits per heavy atom. The minimum absolute atomic E-state index is 0.0117. The van der Waals surface area contributed by atoms with E-state index in [2.05, 4.69) is 0 Å². The quantitative estimate of drug-likeness (QED) is 0.850. The van der Waals surface area contributed by atoms with Crippen molar-refractivity contribution in [3.8, 4) is 0 Å². The van der Waals surface area contributed by atoms with Crippen LogP contribution in [0.2, 0.25) is 0 Å². The highest BCUT2D eigenvalue weighted by molar-refractivity contribution is 5.74. The zero-order valence-corrected chi connectivity index (χ0v) is 12.7. The molecule has 0 aromatic heterocycles. The molecule has 0 radical (unpaired) electrons. The molecular weight excluding hydrogens is 240 g/mol. The standard InChI is InChI=1S/C16H24O3/c1-10(2)14(15(17)19-6)16(5,18)13-9-11(3)7-8-12(13)4/h7-10,14,18H,1-6H3. The van der Waals surface area contributed by atoms with Crippen molar-refractivity contribution in [1.82, 2.24) is 0 Å². The van der Waals surface area contributed by atoms with Crippen LogP contribution >= 0.6 is 0 Å². The largest absolute Gasteiger partial charge is 0.469 e. The van der Waals surface area contributed by atoms with Gasteiger partial charge in [-0.05, 0) is 37.8 Å². The minimum atomic E-state index is -1.24.